The summed E-state index contributed by atoms with van der Waals surface area (Å²) in [7, 11) is 0. The zero-order chi connectivity index (χ0) is 13.7. The summed E-state index contributed by atoms with van der Waals surface area (Å²) >= 11 is 0. The molecule has 1 aromatic carbocycles. The molecule has 0 heterocycles. The third-order valence-electron chi connectivity index (χ3n) is 2.83. The van der Waals surface area contributed by atoms with Crippen molar-refractivity contribution in [1.29, 1.82) is 0 Å². The van der Waals surface area contributed by atoms with Crippen LogP contribution in [-0.2, 0) is 6.54 Å². The monoisotopic (exact) mass is 252 g/mol. The first-order valence-electron chi connectivity index (χ1n) is 5.73. The van der Waals surface area contributed by atoms with E-state index in [4.69, 9.17) is 5.11 Å². The second-order valence-corrected chi connectivity index (χ2v) is 3.83. The second kappa shape index (κ2) is 6.11. The van der Waals surface area contributed by atoms with Crippen molar-refractivity contribution in [3.05, 3.63) is 39.4 Å². The fourth-order valence-corrected chi connectivity index (χ4v) is 1.81. The summed E-state index contributed by atoms with van der Waals surface area (Å²) in [6.45, 7) is 5.84. The fraction of sp³-hybridized carbons (Fsp3) is 0.417. The number of hydrogen-bond acceptors (Lipinski definition) is 4. The first-order chi connectivity index (χ1) is 8.51. The van der Waals surface area contributed by atoms with Crippen LogP contribution in [0.25, 0.3) is 0 Å². The molecule has 0 radical (unpaired) electrons. The van der Waals surface area contributed by atoms with E-state index in [1.807, 2.05) is 18.7 Å². The van der Waals surface area contributed by atoms with Crippen molar-refractivity contribution in [2.75, 3.05) is 13.1 Å². The summed E-state index contributed by atoms with van der Waals surface area (Å²) in [6, 6.07) is 4.35. The third kappa shape index (κ3) is 3.04. The molecule has 0 aliphatic rings. The van der Waals surface area contributed by atoms with Crippen LogP contribution >= 0.6 is 0 Å². The summed E-state index contributed by atoms with van der Waals surface area (Å²) < 4.78 is 0. The lowest BCUT2D eigenvalue weighted by Gasteiger charge is -2.18. The number of benzene rings is 1. The predicted octanol–water partition coefficient (Wildman–Crippen LogP) is 2.13. The molecule has 6 nitrogen and oxygen atoms in total. The van der Waals surface area contributed by atoms with Crippen molar-refractivity contribution in [1.82, 2.24) is 4.90 Å². The quantitative estimate of drug-likeness (QED) is 0.619. The number of carboxylic acid groups (broad SMARTS) is 1. The highest BCUT2D eigenvalue weighted by Crippen LogP contribution is 2.23. The highest BCUT2D eigenvalue weighted by atomic mass is 16.6. The summed E-state index contributed by atoms with van der Waals surface area (Å²) in [6.07, 6.45) is 0. The van der Waals surface area contributed by atoms with Crippen molar-refractivity contribution < 1.29 is 14.8 Å². The van der Waals surface area contributed by atoms with E-state index in [1.54, 1.807) is 6.07 Å². The molecule has 6 heteroatoms. The van der Waals surface area contributed by atoms with Crippen LogP contribution in [0.1, 0.15) is 29.8 Å². The minimum Gasteiger partial charge on any atom is -0.477 e. The Morgan fingerprint density at radius 3 is 2.44 bits per heavy atom. The van der Waals surface area contributed by atoms with Crippen LogP contribution in [0, 0.1) is 10.1 Å². The molecule has 0 saturated carbocycles. The molecule has 0 atom stereocenters. The molecule has 0 saturated heterocycles. The van der Waals surface area contributed by atoms with E-state index in [2.05, 4.69) is 0 Å². The van der Waals surface area contributed by atoms with Gasteiger partial charge < -0.3 is 5.11 Å². The molecule has 0 aliphatic heterocycles. The largest absolute Gasteiger partial charge is 0.477 e. The molecule has 0 aromatic heterocycles. The maximum absolute atomic E-state index is 11.2. The van der Waals surface area contributed by atoms with Gasteiger partial charge in [0.1, 0.15) is 5.56 Å². The van der Waals surface area contributed by atoms with Crippen molar-refractivity contribution >= 4 is 11.7 Å². The average Bonchev–Trinajstić information content (AvgIpc) is 2.35. The number of carbonyl (C=O) groups is 1. The number of nitro benzene ring substituents is 1. The molecule has 0 aliphatic carbocycles. The molecule has 1 aromatic rings. The van der Waals surface area contributed by atoms with Crippen LogP contribution in [0.4, 0.5) is 5.69 Å². The van der Waals surface area contributed by atoms with Gasteiger partial charge in [0, 0.05) is 12.6 Å². The number of nitrogens with zero attached hydrogens (tertiary/aromatic N) is 2. The van der Waals surface area contributed by atoms with Gasteiger partial charge in [0.15, 0.2) is 0 Å². The van der Waals surface area contributed by atoms with Gasteiger partial charge in [-0.15, -0.1) is 0 Å². The second-order valence-electron chi connectivity index (χ2n) is 3.83. The first kappa shape index (κ1) is 14.1. The Hall–Kier alpha value is -1.95. The number of carboxylic acids is 1. The highest BCUT2D eigenvalue weighted by molar-refractivity contribution is 5.94. The van der Waals surface area contributed by atoms with Crippen LogP contribution in [-0.4, -0.2) is 34.0 Å². The minimum absolute atomic E-state index is 0.214. The molecule has 0 fully saturated rings. The lowest BCUT2D eigenvalue weighted by atomic mass is 10.0. The van der Waals surface area contributed by atoms with Crippen LogP contribution in [0.15, 0.2) is 18.2 Å². The van der Waals surface area contributed by atoms with Crippen molar-refractivity contribution in [3.63, 3.8) is 0 Å². The van der Waals surface area contributed by atoms with Gasteiger partial charge in [0.25, 0.3) is 5.69 Å². The van der Waals surface area contributed by atoms with E-state index >= 15 is 0 Å². The van der Waals surface area contributed by atoms with Crippen LogP contribution in [0.5, 0.6) is 0 Å². The number of rotatable bonds is 6. The molecule has 18 heavy (non-hydrogen) atoms. The van der Waals surface area contributed by atoms with E-state index in [0.717, 1.165) is 13.1 Å². The fourth-order valence-electron chi connectivity index (χ4n) is 1.81. The molecule has 0 unspecified atom stereocenters. The minimum atomic E-state index is -1.26. The Kier molecular flexibility index (Phi) is 4.79. The van der Waals surface area contributed by atoms with Gasteiger partial charge in [0.2, 0.25) is 0 Å². The molecule has 98 valence electrons. The number of hydrogen-bond donors (Lipinski definition) is 1. The summed E-state index contributed by atoms with van der Waals surface area (Å²) in [5.74, 6) is -1.26. The van der Waals surface area contributed by atoms with Crippen molar-refractivity contribution in [2.24, 2.45) is 0 Å². The standard InChI is InChI=1S/C12H16N2O4/c1-3-13(4-2)8-9-6-5-7-10(14(17)18)11(9)12(15)16/h5-7H,3-4,8H2,1-2H3,(H,15,16). The molecule has 0 bridgehead atoms. The molecule has 0 amide bonds. The summed E-state index contributed by atoms with van der Waals surface area (Å²) in [5.41, 5.74) is -0.0954. The van der Waals surface area contributed by atoms with Gasteiger partial charge in [-0.3, -0.25) is 15.0 Å². The van der Waals surface area contributed by atoms with Gasteiger partial charge >= 0.3 is 5.97 Å². The van der Waals surface area contributed by atoms with Gasteiger partial charge in [-0.25, -0.2) is 4.79 Å². The molecule has 1 rings (SSSR count). The van der Waals surface area contributed by atoms with E-state index in [9.17, 15) is 14.9 Å². The van der Waals surface area contributed by atoms with Gasteiger partial charge in [0.05, 0.1) is 4.92 Å². The first-order valence-corrected chi connectivity index (χ1v) is 5.73. The van der Waals surface area contributed by atoms with E-state index in [-0.39, 0.29) is 11.3 Å². The molecular weight excluding hydrogens is 236 g/mol. The molecular formula is C12H16N2O4. The Balaban J connectivity index is 3.22. The molecule has 0 spiro atoms. The smallest absolute Gasteiger partial charge is 0.343 e. The van der Waals surface area contributed by atoms with Crippen molar-refractivity contribution in [2.45, 2.75) is 20.4 Å². The van der Waals surface area contributed by atoms with E-state index in [1.165, 1.54) is 12.1 Å². The maximum atomic E-state index is 11.2. The van der Waals surface area contributed by atoms with Crippen LogP contribution in [0.2, 0.25) is 0 Å². The molecule has 1 N–H and O–H groups in total. The zero-order valence-electron chi connectivity index (χ0n) is 10.4. The van der Waals surface area contributed by atoms with Gasteiger partial charge in [-0.2, -0.15) is 0 Å². The van der Waals surface area contributed by atoms with E-state index < -0.39 is 10.9 Å². The maximum Gasteiger partial charge on any atom is 0.343 e. The Bertz CT molecular complexity index is 455. The SMILES string of the molecule is CCN(CC)Cc1cccc([N+](=O)[O-])c1C(=O)O. The Morgan fingerprint density at radius 1 is 1.39 bits per heavy atom. The number of nitro groups is 1. The number of aromatic carboxylic acids is 1. The highest BCUT2D eigenvalue weighted by Gasteiger charge is 2.23. The van der Waals surface area contributed by atoms with Crippen LogP contribution in [0.3, 0.4) is 0 Å². The third-order valence-corrected chi connectivity index (χ3v) is 2.83. The normalized spacial score (nSPS) is 10.6. The zero-order valence-corrected chi connectivity index (χ0v) is 10.4. The lowest BCUT2D eigenvalue weighted by Crippen LogP contribution is -2.23. The van der Waals surface area contributed by atoms with Gasteiger partial charge in [-0.1, -0.05) is 26.0 Å². The van der Waals surface area contributed by atoms with Crippen molar-refractivity contribution in [3.8, 4) is 0 Å². The Morgan fingerprint density at radius 2 is 2.00 bits per heavy atom. The lowest BCUT2D eigenvalue weighted by molar-refractivity contribution is -0.385. The summed E-state index contributed by atoms with van der Waals surface area (Å²) in [5, 5.41) is 20.0. The topological polar surface area (TPSA) is 83.7 Å². The average molecular weight is 252 g/mol. The van der Waals surface area contributed by atoms with E-state index in [0.29, 0.717) is 12.1 Å². The summed E-state index contributed by atoms with van der Waals surface area (Å²) in [4.78, 5) is 23.4. The van der Waals surface area contributed by atoms with Crippen LogP contribution < -0.4 is 0 Å². The predicted molar refractivity (Wildman–Crippen MR) is 66.7 cm³/mol. The Labute approximate surface area is 105 Å². The van der Waals surface area contributed by atoms with Gasteiger partial charge in [-0.05, 0) is 18.7 Å².